The van der Waals surface area contributed by atoms with Crippen LogP contribution in [0.15, 0.2) is 47.4 Å². The second-order valence-corrected chi connectivity index (χ2v) is 6.97. The molecule has 146 valence electrons. The summed E-state index contributed by atoms with van der Waals surface area (Å²) in [5.74, 6) is 1.29. The summed E-state index contributed by atoms with van der Waals surface area (Å²) in [7, 11) is -2.76. The molecule has 2 aromatic rings. The van der Waals surface area contributed by atoms with Crippen molar-refractivity contribution in [3.63, 3.8) is 0 Å². The van der Waals surface area contributed by atoms with Gasteiger partial charge < -0.3 is 20.1 Å². The van der Waals surface area contributed by atoms with E-state index < -0.39 is 16.1 Å². The fourth-order valence-corrected chi connectivity index (χ4v) is 2.90. The van der Waals surface area contributed by atoms with Crippen LogP contribution in [0.5, 0.6) is 11.5 Å². The summed E-state index contributed by atoms with van der Waals surface area (Å²) in [6.07, 6.45) is 0.571. The van der Waals surface area contributed by atoms with Crippen LogP contribution in [-0.2, 0) is 16.5 Å². The zero-order chi connectivity index (χ0) is 19.9. The summed E-state index contributed by atoms with van der Waals surface area (Å²) in [4.78, 5) is 11.7. The van der Waals surface area contributed by atoms with E-state index in [4.69, 9.17) is 14.0 Å². The van der Waals surface area contributed by atoms with Crippen molar-refractivity contribution < 1.29 is 27.2 Å². The second-order valence-electron chi connectivity index (χ2n) is 5.55. The van der Waals surface area contributed by atoms with E-state index in [9.17, 15) is 13.2 Å². The van der Waals surface area contributed by atoms with Crippen molar-refractivity contribution in [2.45, 2.75) is 18.2 Å². The Bertz CT molecular complexity index is 898. The molecule has 0 saturated heterocycles. The van der Waals surface area contributed by atoms with E-state index in [1.54, 1.807) is 7.11 Å². The van der Waals surface area contributed by atoms with E-state index in [0.29, 0.717) is 31.1 Å². The molecule has 0 aliphatic rings. The summed E-state index contributed by atoms with van der Waals surface area (Å²) in [5, 5.41) is 5.20. The number of carbonyl (C=O) groups is 1. The van der Waals surface area contributed by atoms with E-state index in [1.165, 1.54) is 24.3 Å². The molecule has 0 atom stereocenters. The van der Waals surface area contributed by atoms with Crippen molar-refractivity contribution in [2.75, 3.05) is 25.6 Å². The first-order chi connectivity index (χ1) is 12.8. The minimum atomic E-state index is -4.32. The molecule has 0 aliphatic heterocycles. The molecule has 0 aromatic heterocycles. The summed E-state index contributed by atoms with van der Waals surface area (Å²) in [5.41, 5.74) is 1.22. The molecule has 0 radical (unpaired) electrons. The first-order valence-electron chi connectivity index (χ1n) is 8.25. The third-order valence-corrected chi connectivity index (χ3v) is 4.47. The van der Waals surface area contributed by atoms with Crippen LogP contribution in [0, 0.1) is 0 Å². The normalized spacial score (nSPS) is 10.9. The van der Waals surface area contributed by atoms with Gasteiger partial charge in [0.2, 0.25) is 0 Å². The van der Waals surface area contributed by atoms with Gasteiger partial charge in [0.1, 0.15) is 0 Å². The van der Waals surface area contributed by atoms with E-state index in [2.05, 4.69) is 10.6 Å². The highest BCUT2D eigenvalue weighted by Crippen LogP contribution is 2.28. The molecule has 0 heterocycles. The third-order valence-electron chi connectivity index (χ3n) is 3.62. The molecule has 0 saturated carbocycles. The predicted molar refractivity (Wildman–Crippen MR) is 101 cm³/mol. The van der Waals surface area contributed by atoms with Crippen molar-refractivity contribution in [3.8, 4) is 11.5 Å². The van der Waals surface area contributed by atoms with Gasteiger partial charge in [0.25, 0.3) is 10.1 Å². The third kappa shape index (κ3) is 6.15. The van der Waals surface area contributed by atoms with Gasteiger partial charge in [-0.05, 0) is 49.2 Å². The van der Waals surface area contributed by atoms with Gasteiger partial charge in [0.15, 0.2) is 11.5 Å². The Morgan fingerprint density at radius 3 is 2.59 bits per heavy atom. The minimum absolute atomic E-state index is 0.255. The zero-order valence-corrected chi connectivity index (χ0v) is 15.9. The molecular weight excluding hydrogens is 372 g/mol. The first kappa shape index (κ1) is 20.5. The number of ether oxygens (including phenoxy) is 2. The number of hydrogen-bond acceptors (Lipinski definition) is 5. The SMILES string of the molecule is CCOc1ccc(CCNC(=O)Nc2cccc(S(=O)(=O)O)c2)cc1OC. The lowest BCUT2D eigenvalue weighted by Gasteiger charge is -2.12. The number of nitrogens with one attached hydrogen (secondary N) is 2. The fourth-order valence-electron chi connectivity index (χ4n) is 2.37. The standard InChI is InChI=1S/C18H22N2O6S/c1-3-26-16-8-7-13(11-17(16)25-2)9-10-19-18(21)20-14-5-4-6-15(12-14)27(22,23)24/h4-8,11-12H,3,9-10H2,1-2H3,(H2,19,20,21)(H,22,23,24). The number of benzene rings is 2. The van der Waals surface area contributed by atoms with Crippen LogP contribution in [0.3, 0.4) is 0 Å². The Kier molecular flexibility index (Phi) is 7.03. The van der Waals surface area contributed by atoms with Crippen molar-refractivity contribution in [1.82, 2.24) is 5.32 Å². The molecule has 0 aliphatic carbocycles. The number of rotatable bonds is 8. The molecule has 0 bridgehead atoms. The van der Waals surface area contributed by atoms with Crippen LogP contribution in [0.4, 0.5) is 10.5 Å². The van der Waals surface area contributed by atoms with E-state index in [-0.39, 0.29) is 10.6 Å². The lowest BCUT2D eigenvalue weighted by molar-refractivity contribution is 0.252. The van der Waals surface area contributed by atoms with Gasteiger partial charge in [-0.15, -0.1) is 0 Å². The Hall–Kier alpha value is -2.78. The maximum absolute atomic E-state index is 11.9. The second kappa shape index (κ2) is 9.24. The number of carbonyl (C=O) groups excluding carboxylic acids is 1. The van der Waals surface area contributed by atoms with Crippen LogP contribution >= 0.6 is 0 Å². The number of anilines is 1. The van der Waals surface area contributed by atoms with Gasteiger partial charge in [-0.1, -0.05) is 12.1 Å². The van der Waals surface area contributed by atoms with Crippen molar-refractivity contribution in [1.29, 1.82) is 0 Å². The Morgan fingerprint density at radius 2 is 1.93 bits per heavy atom. The molecular formula is C18H22N2O6S. The molecule has 27 heavy (non-hydrogen) atoms. The molecule has 2 rings (SSSR count). The number of methoxy groups -OCH3 is 1. The van der Waals surface area contributed by atoms with Gasteiger partial charge in [0.05, 0.1) is 18.6 Å². The maximum atomic E-state index is 11.9. The summed E-state index contributed by atoms with van der Waals surface area (Å²) >= 11 is 0. The van der Waals surface area contributed by atoms with Gasteiger partial charge in [-0.25, -0.2) is 4.79 Å². The van der Waals surface area contributed by atoms with Crippen LogP contribution in [0.2, 0.25) is 0 Å². The fraction of sp³-hybridized carbons (Fsp3) is 0.278. The van der Waals surface area contributed by atoms with Crippen LogP contribution in [0.25, 0.3) is 0 Å². The predicted octanol–water partition coefficient (Wildman–Crippen LogP) is 2.70. The van der Waals surface area contributed by atoms with Crippen LogP contribution in [-0.4, -0.2) is 39.3 Å². The van der Waals surface area contributed by atoms with E-state index in [1.807, 2.05) is 25.1 Å². The topological polar surface area (TPSA) is 114 Å². The highest BCUT2D eigenvalue weighted by molar-refractivity contribution is 7.85. The largest absolute Gasteiger partial charge is 0.493 e. The maximum Gasteiger partial charge on any atom is 0.319 e. The monoisotopic (exact) mass is 394 g/mol. The Balaban J connectivity index is 1.89. The molecule has 0 spiro atoms. The molecule has 2 amide bonds. The highest BCUT2D eigenvalue weighted by atomic mass is 32.2. The lowest BCUT2D eigenvalue weighted by atomic mass is 10.1. The van der Waals surface area contributed by atoms with Crippen molar-refractivity contribution in [3.05, 3.63) is 48.0 Å². The number of urea groups is 1. The summed E-state index contributed by atoms with van der Waals surface area (Å²) < 4.78 is 42.0. The van der Waals surface area contributed by atoms with E-state index >= 15 is 0 Å². The molecule has 2 aromatic carbocycles. The average Bonchev–Trinajstić information content (AvgIpc) is 2.62. The molecule has 8 nitrogen and oxygen atoms in total. The molecule has 3 N–H and O–H groups in total. The average molecular weight is 394 g/mol. The van der Waals surface area contributed by atoms with Gasteiger partial charge in [0, 0.05) is 12.2 Å². The summed E-state index contributed by atoms with van der Waals surface area (Å²) in [6, 6.07) is 10.4. The zero-order valence-electron chi connectivity index (χ0n) is 15.1. The molecule has 0 fully saturated rings. The van der Waals surface area contributed by atoms with Crippen molar-refractivity contribution in [2.24, 2.45) is 0 Å². The molecule has 0 unspecified atom stereocenters. The smallest absolute Gasteiger partial charge is 0.319 e. The van der Waals surface area contributed by atoms with E-state index in [0.717, 1.165) is 5.56 Å². The highest BCUT2D eigenvalue weighted by Gasteiger charge is 2.11. The van der Waals surface area contributed by atoms with Gasteiger partial charge in [-0.2, -0.15) is 8.42 Å². The Labute approximate surface area is 158 Å². The Morgan fingerprint density at radius 1 is 1.15 bits per heavy atom. The van der Waals surface area contributed by atoms with Gasteiger partial charge in [-0.3, -0.25) is 4.55 Å². The first-order valence-corrected chi connectivity index (χ1v) is 9.69. The number of hydrogen-bond donors (Lipinski definition) is 3. The summed E-state index contributed by atoms with van der Waals surface area (Å²) in [6.45, 7) is 2.79. The molecule has 9 heteroatoms. The minimum Gasteiger partial charge on any atom is -0.493 e. The van der Waals surface area contributed by atoms with Crippen LogP contribution in [0.1, 0.15) is 12.5 Å². The van der Waals surface area contributed by atoms with Crippen molar-refractivity contribution >= 4 is 21.8 Å². The van der Waals surface area contributed by atoms with Gasteiger partial charge >= 0.3 is 6.03 Å². The quantitative estimate of drug-likeness (QED) is 0.593. The van der Waals surface area contributed by atoms with Crippen LogP contribution < -0.4 is 20.1 Å². The lowest BCUT2D eigenvalue weighted by Crippen LogP contribution is -2.30. The number of amides is 2.